The van der Waals surface area contributed by atoms with Gasteiger partial charge < -0.3 is 16.2 Å². The fourth-order valence-electron chi connectivity index (χ4n) is 0.914. The maximum atomic E-state index is 8.98. The minimum absolute atomic E-state index is 0.291. The Labute approximate surface area is 72.2 Å². The van der Waals surface area contributed by atoms with Crippen molar-refractivity contribution in [2.24, 2.45) is 5.73 Å². The van der Waals surface area contributed by atoms with Crippen molar-refractivity contribution in [2.75, 3.05) is 18.4 Å². The maximum Gasteiger partial charge on any atom is 0.115 e. The standard InChI is InChI=1S/C9H14N2O/c10-6-1-7-11-8-2-4-9(12)5-3-8/h2-5,11-12H,1,6-7,10H2. The number of hydrogen-bond acceptors (Lipinski definition) is 3. The number of phenolic OH excluding ortho intramolecular Hbond substituents is 1. The molecule has 0 aromatic heterocycles. The molecule has 0 fully saturated rings. The summed E-state index contributed by atoms with van der Waals surface area (Å²) in [5.41, 5.74) is 6.35. The first-order chi connectivity index (χ1) is 5.83. The van der Waals surface area contributed by atoms with Crippen LogP contribution in [0.3, 0.4) is 0 Å². The molecule has 0 aliphatic rings. The molecule has 0 unspecified atom stereocenters. The van der Waals surface area contributed by atoms with E-state index in [1.165, 1.54) is 0 Å². The minimum Gasteiger partial charge on any atom is -0.508 e. The molecule has 1 aromatic carbocycles. The van der Waals surface area contributed by atoms with E-state index in [4.69, 9.17) is 10.8 Å². The lowest BCUT2D eigenvalue weighted by Gasteiger charge is -2.04. The van der Waals surface area contributed by atoms with Crippen molar-refractivity contribution in [1.29, 1.82) is 0 Å². The summed E-state index contributed by atoms with van der Waals surface area (Å²) in [5, 5.41) is 12.2. The van der Waals surface area contributed by atoms with E-state index in [1.54, 1.807) is 12.1 Å². The molecule has 66 valence electrons. The molecule has 0 atom stereocenters. The summed E-state index contributed by atoms with van der Waals surface area (Å²) in [6.45, 7) is 1.58. The second-order valence-electron chi connectivity index (χ2n) is 2.62. The van der Waals surface area contributed by atoms with E-state index in [2.05, 4.69) is 5.32 Å². The van der Waals surface area contributed by atoms with Crippen LogP contribution in [-0.2, 0) is 0 Å². The van der Waals surface area contributed by atoms with E-state index in [1.807, 2.05) is 12.1 Å². The topological polar surface area (TPSA) is 58.3 Å². The van der Waals surface area contributed by atoms with Gasteiger partial charge in [0.1, 0.15) is 5.75 Å². The highest BCUT2D eigenvalue weighted by atomic mass is 16.3. The van der Waals surface area contributed by atoms with Gasteiger partial charge in [0.05, 0.1) is 0 Å². The maximum absolute atomic E-state index is 8.98. The van der Waals surface area contributed by atoms with Crippen molar-refractivity contribution >= 4 is 5.69 Å². The molecule has 0 spiro atoms. The Kier molecular flexibility index (Phi) is 3.41. The third-order valence-electron chi connectivity index (χ3n) is 1.58. The Morgan fingerprint density at radius 2 is 1.92 bits per heavy atom. The normalized spacial score (nSPS) is 9.75. The monoisotopic (exact) mass is 166 g/mol. The Bertz CT molecular complexity index is 220. The Morgan fingerprint density at radius 1 is 1.25 bits per heavy atom. The van der Waals surface area contributed by atoms with Crippen LogP contribution in [0.2, 0.25) is 0 Å². The molecule has 0 saturated carbocycles. The van der Waals surface area contributed by atoms with E-state index in [0.717, 1.165) is 18.7 Å². The highest BCUT2D eigenvalue weighted by Crippen LogP contribution is 2.13. The van der Waals surface area contributed by atoms with Gasteiger partial charge in [0.25, 0.3) is 0 Å². The SMILES string of the molecule is NCCCNc1ccc(O)cc1. The van der Waals surface area contributed by atoms with Crippen LogP contribution in [0.15, 0.2) is 24.3 Å². The summed E-state index contributed by atoms with van der Waals surface area (Å²) in [6, 6.07) is 6.99. The lowest BCUT2D eigenvalue weighted by atomic mass is 10.3. The summed E-state index contributed by atoms with van der Waals surface area (Å²) in [6.07, 6.45) is 0.959. The van der Waals surface area contributed by atoms with Crippen LogP contribution >= 0.6 is 0 Å². The second kappa shape index (κ2) is 4.62. The van der Waals surface area contributed by atoms with Gasteiger partial charge in [0.2, 0.25) is 0 Å². The average molecular weight is 166 g/mol. The molecule has 3 nitrogen and oxygen atoms in total. The van der Waals surface area contributed by atoms with Crippen LogP contribution in [0, 0.1) is 0 Å². The first-order valence-corrected chi connectivity index (χ1v) is 4.06. The van der Waals surface area contributed by atoms with Crippen LogP contribution in [0.4, 0.5) is 5.69 Å². The van der Waals surface area contributed by atoms with Gasteiger partial charge in [0, 0.05) is 12.2 Å². The van der Waals surface area contributed by atoms with Gasteiger partial charge in [-0.1, -0.05) is 0 Å². The molecule has 12 heavy (non-hydrogen) atoms. The Balaban J connectivity index is 2.37. The summed E-state index contributed by atoms with van der Waals surface area (Å²) < 4.78 is 0. The fraction of sp³-hybridized carbons (Fsp3) is 0.333. The molecule has 0 heterocycles. The third kappa shape index (κ3) is 2.80. The number of nitrogens with two attached hydrogens (primary N) is 1. The quantitative estimate of drug-likeness (QED) is 0.464. The van der Waals surface area contributed by atoms with Crippen molar-refractivity contribution in [3.05, 3.63) is 24.3 Å². The highest BCUT2D eigenvalue weighted by Gasteiger charge is 1.90. The van der Waals surface area contributed by atoms with Crippen molar-refractivity contribution in [3.63, 3.8) is 0 Å². The molecular weight excluding hydrogens is 152 g/mol. The van der Waals surface area contributed by atoms with Crippen molar-refractivity contribution in [2.45, 2.75) is 6.42 Å². The number of anilines is 1. The molecule has 0 amide bonds. The summed E-state index contributed by atoms with van der Waals surface area (Å²) >= 11 is 0. The zero-order valence-electron chi connectivity index (χ0n) is 6.96. The number of hydrogen-bond donors (Lipinski definition) is 3. The van der Waals surface area contributed by atoms with Gasteiger partial charge in [0.15, 0.2) is 0 Å². The lowest BCUT2D eigenvalue weighted by molar-refractivity contribution is 0.475. The smallest absolute Gasteiger partial charge is 0.115 e. The van der Waals surface area contributed by atoms with Gasteiger partial charge in [-0.3, -0.25) is 0 Å². The van der Waals surface area contributed by atoms with Gasteiger partial charge in [-0.15, -0.1) is 0 Å². The zero-order chi connectivity index (χ0) is 8.81. The van der Waals surface area contributed by atoms with Crippen LogP contribution in [0.1, 0.15) is 6.42 Å². The van der Waals surface area contributed by atoms with Crippen molar-refractivity contribution < 1.29 is 5.11 Å². The first-order valence-electron chi connectivity index (χ1n) is 4.06. The molecule has 0 aliphatic heterocycles. The highest BCUT2D eigenvalue weighted by molar-refractivity contribution is 5.45. The Morgan fingerprint density at radius 3 is 2.50 bits per heavy atom. The number of benzene rings is 1. The van der Waals surface area contributed by atoms with Gasteiger partial charge >= 0.3 is 0 Å². The number of phenols is 1. The largest absolute Gasteiger partial charge is 0.508 e. The summed E-state index contributed by atoms with van der Waals surface area (Å²) in [4.78, 5) is 0. The molecule has 1 rings (SSSR count). The molecule has 4 N–H and O–H groups in total. The zero-order valence-corrected chi connectivity index (χ0v) is 6.96. The fourth-order valence-corrected chi connectivity index (χ4v) is 0.914. The summed E-state index contributed by atoms with van der Waals surface area (Å²) in [5.74, 6) is 0.291. The van der Waals surface area contributed by atoms with E-state index in [9.17, 15) is 0 Å². The van der Waals surface area contributed by atoms with Gasteiger partial charge in [-0.2, -0.15) is 0 Å². The van der Waals surface area contributed by atoms with E-state index in [-0.39, 0.29) is 0 Å². The lowest BCUT2D eigenvalue weighted by Crippen LogP contribution is -2.08. The number of rotatable bonds is 4. The van der Waals surface area contributed by atoms with E-state index >= 15 is 0 Å². The molecule has 0 saturated heterocycles. The van der Waals surface area contributed by atoms with Crippen molar-refractivity contribution in [1.82, 2.24) is 0 Å². The van der Waals surface area contributed by atoms with Gasteiger partial charge in [-0.25, -0.2) is 0 Å². The minimum atomic E-state index is 0.291. The van der Waals surface area contributed by atoms with Crippen molar-refractivity contribution in [3.8, 4) is 5.75 Å². The molecule has 0 aliphatic carbocycles. The van der Waals surface area contributed by atoms with Crippen LogP contribution in [0.25, 0.3) is 0 Å². The predicted molar refractivity (Wildman–Crippen MR) is 50.3 cm³/mol. The molecular formula is C9H14N2O. The Hall–Kier alpha value is -1.22. The molecule has 3 heteroatoms. The number of aromatic hydroxyl groups is 1. The molecule has 1 aromatic rings. The van der Waals surface area contributed by atoms with Crippen LogP contribution in [-0.4, -0.2) is 18.2 Å². The van der Waals surface area contributed by atoms with Crippen LogP contribution < -0.4 is 11.1 Å². The second-order valence-corrected chi connectivity index (χ2v) is 2.62. The predicted octanol–water partition coefficient (Wildman–Crippen LogP) is 1.15. The van der Waals surface area contributed by atoms with Gasteiger partial charge in [-0.05, 0) is 37.2 Å². The third-order valence-corrected chi connectivity index (χ3v) is 1.58. The van der Waals surface area contributed by atoms with E-state index < -0.39 is 0 Å². The van der Waals surface area contributed by atoms with Crippen LogP contribution in [0.5, 0.6) is 5.75 Å². The first kappa shape index (κ1) is 8.87. The molecule has 0 bridgehead atoms. The number of nitrogens with one attached hydrogen (secondary N) is 1. The summed E-state index contributed by atoms with van der Waals surface area (Å²) in [7, 11) is 0. The molecule has 0 radical (unpaired) electrons. The average Bonchev–Trinajstić information content (AvgIpc) is 2.09. The van der Waals surface area contributed by atoms with E-state index in [0.29, 0.717) is 12.3 Å².